The van der Waals surface area contributed by atoms with Crippen molar-refractivity contribution >= 4 is 107 Å². The Kier molecular flexibility index (Phi) is 51.6. The number of aromatic nitrogens is 8. The molecule has 4 aromatic carbocycles. The van der Waals surface area contributed by atoms with Crippen molar-refractivity contribution in [2.24, 2.45) is 0 Å². The Morgan fingerprint density at radius 1 is 0.209 bits per heavy atom. The van der Waals surface area contributed by atoms with Gasteiger partial charge in [-0.1, -0.05) is 486 Å². The van der Waals surface area contributed by atoms with Crippen LogP contribution in [-0.2, 0) is 57.2 Å². The van der Waals surface area contributed by atoms with E-state index in [1.807, 2.05) is 72.8 Å². The molecule has 0 fully saturated rings. The summed E-state index contributed by atoms with van der Waals surface area (Å²) < 4.78 is 136. The molecule has 0 atom stereocenters. The molecule has 2 aliphatic rings. The summed E-state index contributed by atoms with van der Waals surface area (Å²) in [4.78, 5) is 38.4. The molecule has 1 radical (unpaired) electrons. The molecule has 20 nitrogen and oxygen atoms in total. The predicted octanol–water partition coefficient (Wildman–Crippen LogP) is 30.9. The third-order valence-corrected chi connectivity index (χ3v) is 31.5. The maximum Gasteiger partial charge on any atom is 2.00 e. The molecule has 9 rings (SSSR count). The Labute approximate surface area is 790 Å². The van der Waals surface area contributed by atoms with Crippen molar-refractivity contribution < 1.29 is 50.7 Å². The Hall–Kier alpha value is -6.24. The molecular weight excluding hydrogens is 1740 g/mol. The summed E-state index contributed by atoms with van der Waals surface area (Å²) in [5, 5.41) is 1.30. The van der Waals surface area contributed by atoms with Crippen LogP contribution >= 0.6 is 0 Å². The van der Waals surface area contributed by atoms with Crippen LogP contribution in [-0.4, -0.2) is 96.6 Å². The van der Waals surface area contributed by atoms with Crippen LogP contribution in [0.15, 0.2) is 72.8 Å². The molecular formula is C104H166CuN12O8S4+2. The first kappa shape index (κ1) is 108. The number of benzene rings is 4. The molecule has 25 heteroatoms. The molecule has 5 heterocycles. The van der Waals surface area contributed by atoms with Gasteiger partial charge in [-0.25, -0.2) is 63.6 Å². The van der Waals surface area contributed by atoms with Crippen LogP contribution in [0.4, 0.5) is 22.7 Å². The van der Waals surface area contributed by atoms with E-state index in [9.17, 15) is 0 Å². The fraction of sp³-hybridized carbons (Fsp3) is 0.692. The summed E-state index contributed by atoms with van der Waals surface area (Å²) in [6.45, 7) is 9.01. The number of nitrogens with one attached hydrogen (secondary N) is 6. The van der Waals surface area contributed by atoms with Gasteiger partial charge in [-0.3, -0.25) is 18.9 Å². The van der Waals surface area contributed by atoms with Gasteiger partial charge >= 0.3 is 17.1 Å². The first-order chi connectivity index (χ1) is 62.4. The average Bonchev–Trinajstić information content (AvgIpc) is 1.62. The fourth-order valence-electron chi connectivity index (χ4n) is 18.5. The standard InChI is InChI=1S/C104H166N12O8S4.Cu/c1-5-9-13-17-21-25-29-33-37-41-45-49-53-57-61-71-81-125(117,118)113-93-91-92(104-111-102-90-80-70-68-78-88(90)100(109-102)107-98-86-76-66-65-75-85(86)97(105-98)106-99-87-77-67-69-79-89(87)101(108-99)110-103(91)112-104)94(114-126(119,120)82-72-62-58-54-50-46-42-38-34-30-26-22-18-14-10-6-2)96(116-128(123,124)84-74-64-60-56-52-48-44-40-36-32-28-24-20-16-12-8-4)95(93)115-127(121,122)83-73-63-59-55-51-47-43-39-35-31-27-23-19-15-11-7-3;/h65-70,75-80,113-116H,5-64,71-74,81-84H2,1-4H3,(H2,105,106,107,108,109,110,111,112);/q;+2. The van der Waals surface area contributed by atoms with Gasteiger partial charge in [0.25, 0.3) is 0 Å². The molecule has 0 saturated carbocycles. The van der Waals surface area contributed by atoms with Crippen LogP contribution in [0.2, 0.25) is 0 Å². The van der Waals surface area contributed by atoms with Gasteiger partial charge in [-0.05, 0) is 25.7 Å². The van der Waals surface area contributed by atoms with E-state index in [-0.39, 0.29) is 111 Å². The largest absolute Gasteiger partial charge is 2.00 e. The number of H-pyrrole nitrogens is 2. The summed E-state index contributed by atoms with van der Waals surface area (Å²) >= 11 is 0. The van der Waals surface area contributed by atoms with Crippen LogP contribution in [0.5, 0.6) is 0 Å². The van der Waals surface area contributed by atoms with E-state index in [1.54, 1.807) is 0 Å². The molecule has 7 aromatic rings. The second-order valence-corrected chi connectivity index (χ2v) is 44.8. The number of hydrogen-bond acceptors (Lipinski definition) is 14. The molecule has 0 aliphatic carbocycles. The van der Waals surface area contributed by atoms with Gasteiger partial charge in [0.1, 0.15) is 22.6 Å². The summed E-state index contributed by atoms with van der Waals surface area (Å²) in [5.41, 5.74) is 1.26. The molecule has 2 aliphatic heterocycles. The van der Waals surface area contributed by atoms with Crippen LogP contribution in [0.1, 0.15) is 439 Å². The minimum atomic E-state index is -4.57. The molecule has 8 bridgehead atoms. The summed E-state index contributed by atoms with van der Waals surface area (Å²) in [6, 6.07) is 22.7. The third-order valence-electron chi connectivity index (χ3n) is 26.1. The van der Waals surface area contributed by atoms with E-state index < -0.39 is 63.0 Å². The number of anilines is 4. The Bertz CT molecular complexity index is 4720. The van der Waals surface area contributed by atoms with Gasteiger partial charge in [0.2, 0.25) is 40.1 Å². The van der Waals surface area contributed by atoms with Crippen molar-refractivity contribution in [3.63, 3.8) is 0 Å². The molecule has 0 unspecified atom stereocenters. The van der Waals surface area contributed by atoms with Gasteiger partial charge < -0.3 is 9.97 Å². The van der Waals surface area contributed by atoms with E-state index in [0.29, 0.717) is 59.2 Å². The molecule has 0 amide bonds. The minimum absolute atomic E-state index is 0. The number of hydrogen-bond donors (Lipinski definition) is 6. The van der Waals surface area contributed by atoms with E-state index in [1.165, 1.54) is 257 Å². The third kappa shape index (κ3) is 39.3. The van der Waals surface area contributed by atoms with Gasteiger partial charge in [-0.15, -0.1) is 0 Å². The number of aromatic amines is 2. The molecule has 129 heavy (non-hydrogen) atoms. The fourth-order valence-corrected chi connectivity index (χ4v) is 23.3. The predicted molar refractivity (Wildman–Crippen MR) is 544 cm³/mol. The van der Waals surface area contributed by atoms with E-state index >= 15 is 33.7 Å². The minimum Gasteiger partial charge on any atom is -0.324 e. The zero-order valence-corrected chi connectivity index (χ0v) is 84.1. The van der Waals surface area contributed by atoms with E-state index in [4.69, 9.17) is 29.9 Å². The van der Waals surface area contributed by atoms with Crippen molar-refractivity contribution in [1.29, 1.82) is 0 Å². The maximum atomic E-state index is 15.7. The van der Waals surface area contributed by atoms with E-state index in [0.717, 1.165) is 114 Å². The molecule has 0 saturated heterocycles. The van der Waals surface area contributed by atoms with Crippen LogP contribution in [0.25, 0.3) is 89.7 Å². The van der Waals surface area contributed by atoms with Crippen molar-refractivity contribution in [2.45, 2.75) is 439 Å². The normalized spacial score (nSPS) is 12.3. The van der Waals surface area contributed by atoms with E-state index in [2.05, 4.69) is 56.6 Å². The number of fused-ring (bicyclic) bond motifs is 20. The van der Waals surface area contributed by atoms with Crippen molar-refractivity contribution in [2.75, 3.05) is 41.9 Å². The summed E-state index contributed by atoms with van der Waals surface area (Å²) in [7, 11) is -18.2. The number of sulfonamides is 4. The summed E-state index contributed by atoms with van der Waals surface area (Å²) in [5.74, 6) is -0.767. The maximum absolute atomic E-state index is 15.7. The van der Waals surface area contributed by atoms with Gasteiger partial charge in [0, 0.05) is 33.0 Å². The number of nitrogens with zero attached hydrogens (tertiary/aromatic N) is 6. The monoisotopic (exact) mass is 1900 g/mol. The molecule has 3 aromatic heterocycles. The number of unbranched alkanes of at least 4 members (excludes halogenated alkanes) is 60. The van der Waals surface area contributed by atoms with Gasteiger partial charge in [0.15, 0.2) is 23.3 Å². The SMILES string of the molecule is CCCCCCCCCCCCCCCCCCS(=O)(=O)Nc1c(NS(=O)(=O)CCCCCCCCCCCCCCCCCC)c(NS(=O)(=O)CCCCCCCCCCCCCCCCCC)c2c3nc4nc(nc5[nH]c(nc6nc(nc([nH]3)c2c1NS(=O)(=O)CCCCCCCCCCCCCCCCCC)-c1ccccc1-6)c1ccccc51)-c1ccccc1-4.[Cu+2]. The topological polar surface area (TPSA) is 294 Å². The van der Waals surface area contributed by atoms with Gasteiger partial charge in [-0.2, -0.15) is 0 Å². The quantitative estimate of drug-likeness (QED) is 0.0153. The van der Waals surface area contributed by atoms with Crippen molar-refractivity contribution in [1.82, 2.24) is 39.9 Å². The second kappa shape index (κ2) is 61.6. The van der Waals surface area contributed by atoms with Crippen LogP contribution in [0, 0.1) is 0 Å². The zero-order valence-electron chi connectivity index (χ0n) is 79.9. The molecule has 0 spiro atoms. The molecule has 6 N–H and O–H groups in total. The number of rotatable bonds is 76. The second-order valence-electron chi connectivity index (χ2n) is 37.4. The Balaban J connectivity index is 0.0000206. The zero-order chi connectivity index (χ0) is 90.6. The first-order valence-electron chi connectivity index (χ1n) is 51.8. The summed E-state index contributed by atoms with van der Waals surface area (Å²) in [6.07, 6.45) is 69.9. The molecule has 723 valence electrons. The van der Waals surface area contributed by atoms with Crippen LogP contribution < -0.4 is 18.9 Å². The Morgan fingerprint density at radius 3 is 0.574 bits per heavy atom. The first-order valence-corrected chi connectivity index (χ1v) is 58.4. The van der Waals surface area contributed by atoms with Crippen molar-refractivity contribution in [3.05, 3.63) is 72.8 Å². The van der Waals surface area contributed by atoms with Crippen LogP contribution in [0.3, 0.4) is 0 Å². The van der Waals surface area contributed by atoms with Gasteiger partial charge in [0.05, 0.1) is 56.5 Å². The smallest absolute Gasteiger partial charge is 0.324 e. The Morgan fingerprint density at radius 2 is 0.372 bits per heavy atom. The average molecular weight is 1900 g/mol. The van der Waals surface area contributed by atoms with Crippen molar-refractivity contribution in [3.8, 4) is 45.6 Å².